The summed E-state index contributed by atoms with van der Waals surface area (Å²) in [6.45, 7) is 1.97. The standard InChI is InChI=1S/C9H6BrIN2O2/c1-5-4-6(10)2-3-7(5)13-8(11)9(14)15-12-13/h2-4H,1H3/p+1. The van der Waals surface area contributed by atoms with Gasteiger partial charge in [-0.1, -0.05) is 15.9 Å². The van der Waals surface area contributed by atoms with Gasteiger partial charge < -0.3 is 0 Å². The first-order valence-electron chi connectivity index (χ1n) is 4.15. The third kappa shape index (κ3) is 2.00. The zero-order valence-corrected chi connectivity index (χ0v) is 11.5. The maximum atomic E-state index is 11.2. The van der Waals surface area contributed by atoms with Crippen LogP contribution in [-0.4, -0.2) is 5.27 Å². The summed E-state index contributed by atoms with van der Waals surface area (Å²) in [7, 11) is 0. The van der Waals surface area contributed by atoms with Crippen LogP contribution in [-0.2, 0) is 0 Å². The molecule has 0 saturated carbocycles. The number of halogens is 2. The van der Waals surface area contributed by atoms with Crippen molar-refractivity contribution < 1.29 is 9.20 Å². The van der Waals surface area contributed by atoms with Crippen LogP contribution in [0.3, 0.4) is 0 Å². The highest BCUT2D eigenvalue weighted by molar-refractivity contribution is 14.1. The molecule has 0 radical (unpaired) electrons. The zero-order chi connectivity index (χ0) is 11.0. The highest BCUT2D eigenvalue weighted by atomic mass is 127. The smallest absolute Gasteiger partial charge is 0.282 e. The van der Waals surface area contributed by atoms with Crippen LogP contribution < -0.4 is 10.3 Å². The quantitative estimate of drug-likeness (QED) is 0.606. The van der Waals surface area contributed by atoms with E-state index in [-0.39, 0.29) is 5.63 Å². The van der Waals surface area contributed by atoms with Crippen molar-refractivity contribution in [2.75, 3.05) is 0 Å². The first kappa shape index (κ1) is 10.9. The summed E-state index contributed by atoms with van der Waals surface area (Å²) in [5, 5.41) is 2.56. The highest BCUT2D eigenvalue weighted by Gasteiger charge is 2.21. The molecule has 0 unspecified atom stereocenters. The lowest BCUT2D eigenvalue weighted by Crippen LogP contribution is -2.38. The van der Waals surface area contributed by atoms with Gasteiger partial charge in [0.15, 0.2) is 0 Å². The fourth-order valence-corrected chi connectivity index (χ4v) is 2.23. The molecule has 0 amide bonds. The second kappa shape index (κ2) is 4.09. The van der Waals surface area contributed by atoms with E-state index in [0.29, 0.717) is 3.70 Å². The number of aryl methyl sites for hydroxylation is 1. The topological polar surface area (TPSA) is 49.9 Å². The number of benzene rings is 1. The molecule has 1 N–H and O–H groups in total. The van der Waals surface area contributed by atoms with Gasteiger partial charge in [-0.05, 0) is 29.0 Å². The van der Waals surface area contributed by atoms with Crippen LogP contribution in [0.1, 0.15) is 5.56 Å². The Morgan fingerprint density at radius 3 is 2.80 bits per heavy atom. The van der Waals surface area contributed by atoms with Crippen molar-refractivity contribution >= 4 is 38.5 Å². The third-order valence-electron chi connectivity index (χ3n) is 1.99. The summed E-state index contributed by atoms with van der Waals surface area (Å²) in [4.78, 5) is 11.2. The van der Waals surface area contributed by atoms with Crippen molar-refractivity contribution in [3.05, 3.63) is 42.4 Å². The van der Waals surface area contributed by atoms with Crippen molar-refractivity contribution in [1.82, 2.24) is 5.27 Å². The molecule has 0 spiro atoms. The molecule has 0 aliphatic carbocycles. The van der Waals surface area contributed by atoms with Gasteiger partial charge in [-0.3, -0.25) is 4.52 Å². The number of aromatic nitrogens is 2. The Kier molecular flexibility index (Phi) is 2.96. The number of nitrogens with zero attached hydrogens (tertiary/aromatic N) is 1. The minimum absolute atomic E-state index is 0.363. The van der Waals surface area contributed by atoms with Gasteiger partial charge >= 0.3 is 9.33 Å². The van der Waals surface area contributed by atoms with Gasteiger partial charge in [0, 0.05) is 38.7 Å². The maximum absolute atomic E-state index is 11.2. The lowest BCUT2D eigenvalue weighted by molar-refractivity contribution is -0.682. The first-order valence-corrected chi connectivity index (χ1v) is 6.02. The van der Waals surface area contributed by atoms with Crippen LogP contribution in [0.25, 0.3) is 5.69 Å². The molecule has 6 heteroatoms. The van der Waals surface area contributed by atoms with Crippen LogP contribution in [0, 0.1) is 10.6 Å². The van der Waals surface area contributed by atoms with E-state index < -0.39 is 0 Å². The lowest BCUT2D eigenvalue weighted by atomic mass is 10.2. The van der Waals surface area contributed by atoms with Crippen molar-refractivity contribution in [2.24, 2.45) is 0 Å². The monoisotopic (exact) mass is 381 g/mol. The highest BCUT2D eigenvalue weighted by Crippen LogP contribution is 2.15. The van der Waals surface area contributed by atoms with E-state index in [0.717, 1.165) is 15.7 Å². The van der Waals surface area contributed by atoms with Gasteiger partial charge in [0.1, 0.15) is 0 Å². The minimum atomic E-state index is -0.363. The average molecular weight is 382 g/mol. The minimum Gasteiger partial charge on any atom is -0.282 e. The number of hydrogen-bond acceptors (Lipinski definition) is 2. The molecule has 1 heterocycles. The van der Waals surface area contributed by atoms with Crippen molar-refractivity contribution in [3.8, 4) is 5.69 Å². The van der Waals surface area contributed by atoms with Crippen LogP contribution in [0.2, 0.25) is 0 Å². The van der Waals surface area contributed by atoms with Gasteiger partial charge in [-0.2, -0.15) is 0 Å². The molecule has 0 aliphatic rings. The van der Waals surface area contributed by atoms with Crippen LogP contribution in [0.15, 0.2) is 32.0 Å². The van der Waals surface area contributed by atoms with Gasteiger partial charge in [0.25, 0.3) is 0 Å². The van der Waals surface area contributed by atoms with E-state index in [4.69, 9.17) is 4.52 Å². The summed E-state index contributed by atoms with van der Waals surface area (Å²) in [5.41, 5.74) is 1.58. The second-order valence-electron chi connectivity index (χ2n) is 3.04. The summed E-state index contributed by atoms with van der Waals surface area (Å²) < 4.78 is 7.82. The molecule has 0 fully saturated rings. The normalized spacial score (nSPS) is 10.6. The van der Waals surface area contributed by atoms with Crippen LogP contribution in [0.4, 0.5) is 0 Å². The van der Waals surface area contributed by atoms with E-state index in [1.54, 1.807) is 4.68 Å². The molecule has 15 heavy (non-hydrogen) atoms. The Morgan fingerprint density at radius 1 is 1.53 bits per heavy atom. The van der Waals surface area contributed by atoms with Crippen molar-refractivity contribution in [2.45, 2.75) is 6.92 Å². The van der Waals surface area contributed by atoms with E-state index in [2.05, 4.69) is 21.2 Å². The summed E-state index contributed by atoms with van der Waals surface area (Å²) >= 11 is 5.33. The van der Waals surface area contributed by atoms with Gasteiger partial charge in [-0.15, -0.1) is 0 Å². The van der Waals surface area contributed by atoms with Crippen LogP contribution >= 0.6 is 38.5 Å². The maximum Gasteiger partial charge on any atom is 0.441 e. The number of rotatable bonds is 1. The molecule has 0 saturated heterocycles. The number of H-pyrrole nitrogens is 1. The molecule has 2 rings (SSSR count). The van der Waals surface area contributed by atoms with Crippen molar-refractivity contribution in [1.29, 1.82) is 0 Å². The molecule has 2 aromatic rings. The predicted octanol–water partition coefficient (Wildman–Crippen LogP) is 1.92. The SMILES string of the molecule is Cc1cc(Br)ccc1-[n+]1[nH]oc(=O)c1I. The van der Waals surface area contributed by atoms with E-state index in [1.807, 2.05) is 47.7 Å². The fraction of sp³-hybridized carbons (Fsp3) is 0.111. The van der Waals surface area contributed by atoms with Crippen LogP contribution in [0.5, 0.6) is 0 Å². The van der Waals surface area contributed by atoms with E-state index in [9.17, 15) is 4.79 Å². The summed E-state index contributed by atoms with van der Waals surface area (Å²) in [5.74, 6) is 0. The van der Waals surface area contributed by atoms with E-state index in [1.165, 1.54) is 0 Å². The average Bonchev–Trinajstić information content (AvgIpc) is 2.49. The third-order valence-corrected chi connectivity index (χ3v) is 3.41. The predicted molar refractivity (Wildman–Crippen MR) is 66.0 cm³/mol. The number of aromatic amines is 1. The summed E-state index contributed by atoms with van der Waals surface area (Å²) in [6, 6.07) is 5.80. The Labute approximate surface area is 108 Å². The largest absolute Gasteiger partial charge is 0.441 e. The van der Waals surface area contributed by atoms with Gasteiger partial charge in [0.2, 0.25) is 5.69 Å². The molecule has 0 aliphatic heterocycles. The van der Waals surface area contributed by atoms with Gasteiger partial charge in [-0.25, -0.2) is 4.79 Å². The number of nitrogens with one attached hydrogen (secondary N) is 1. The Morgan fingerprint density at radius 2 is 2.27 bits per heavy atom. The van der Waals surface area contributed by atoms with Gasteiger partial charge in [0.05, 0.1) is 0 Å². The molecule has 1 aromatic carbocycles. The molecule has 0 bridgehead atoms. The molecular formula is C9H7BrIN2O2+. The first-order chi connectivity index (χ1) is 7.09. The lowest BCUT2D eigenvalue weighted by Gasteiger charge is -1.96. The Bertz CT molecular complexity index is 561. The van der Waals surface area contributed by atoms with E-state index >= 15 is 0 Å². The Hall–Kier alpha value is -0.630. The molecule has 0 atom stereocenters. The number of hydrogen-bond donors (Lipinski definition) is 1. The molecule has 1 aromatic heterocycles. The Balaban J connectivity index is 2.64. The van der Waals surface area contributed by atoms with Crippen molar-refractivity contribution in [3.63, 3.8) is 0 Å². The zero-order valence-electron chi connectivity index (χ0n) is 7.75. The fourth-order valence-electron chi connectivity index (χ4n) is 1.29. The second-order valence-corrected chi connectivity index (χ2v) is 4.98. The molecule has 4 nitrogen and oxygen atoms in total. The summed E-state index contributed by atoms with van der Waals surface area (Å²) in [6.07, 6.45) is 0. The molecule has 78 valence electrons. The molecular weight excluding hydrogens is 375 g/mol.